The smallest absolute Gasteiger partial charge is 0.328 e. The van der Waals surface area contributed by atoms with Crippen LogP contribution in [0, 0.1) is 5.82 Å². The van der Waals surface area contributed by atoms with E-state index in [0.717, 1.165) is 17.3 Å². The second-order valence-electron chi connectivity index (χ2n) is 7.76. The Morgan fingerprint density at radius 3 is 2.34 bits per heavy atom. The molecular weight excluding hydrogens is 395 g/mol. The van der Waals surface area contributed by atoms with E-state index in [0.29, 0.717) is 31.7 Å². The maximum Gasteiger partial charge on any atom is 0.328 e. The summed E-state index contributed by atoms with van der Waals surface area (Å²) in [7, 11) is 0. The average Bonchev–Trinajstić information content (AvgIpc) is 2.60. The number of nitrogens with zero attached hydrogens (tertiary/aromatic N) is 1. The number of rotatable bonds is 9. The van der Waals surface area contributed by atoms with Crippen LogP contribution in [0.25, 0.3) is 0 Å². The third-order valence-electron chi connectivity index (χ3n) is 3.86. The molecule has 29 heavy (non-hydrogen) atoms. The molecule has 8 heteroatoms. The molecule has 0 saturated carbocycles. The van der Waals surface area contributed by atoms with Crippen LogP contribution in [-0.2, 0) is 20.7 Å². The van der Waals surface area contributed by atoms with Gasteiger partial charge in [-0.25, -0.2) is 14.0 Å². The molecule has 0 spiro atoms. The Kier molecular flexibility index (Phi) is 10.2. The minimum absolute atomic E-state index is 0.0150. The Balaban J connectivity index is 2.63. The molecule has 0 radical (unpaired) electrons. The van der Waals surface area contributed by atoms with Crippen LogP contribution in [0.5, 0.6) is 0 Å². The van der Waals surface area contributed by atoms with Crippen molar-refractivity contribution >= 4 is 28.9 Å². The summed E-state index contributed by atoms with van der Waals surface area (Å²) < 4.78 is 18.3. The highest BCUT2D eigenvalue weighted by Gasteiger charge is 2.24. The number of aryl methyl sites for hydroxylation is 1. The molecule has 0 aliphatic heterocycles. The molecule has 0 aliphatic carbocycles. The van der Waals surface area contributed by atoms with Crippen LogP contribution in [0.3, 0.4) is 0 Å². The van der Waals surface area contributed by atoms with Crippen molar-refractivity contribution in [2.75, 3.05) is 18.8 Å². The van der Waals surface area contributed by atoms with Gasteiger partial charge >= 0.3 is 12.0 Å². The first-order chi connectivity index (χ1) is 13.5. The number of carbonyl (C=O) groups is 3. The number of hydrogen-bond donors (Lipinski definition) is 1. The zero-order chi connectivity index (χ0) is 22.0. The lowest BCUT2D eigenvalue weighted by molar-refractivity contribution is -0.156. The lowest BCUT2D eigenvalue weighted by Gasteiger charge is -2.26. The van der Waals surface area contributed by atoms with Gasteiger partial charge in [0.25, 0.3) is 0 Å². The minimum atomic E-state index is -0.790. The molecule has 6 nitrogen and oxygen atoms in total. The lowest BCUT2D eigenvalue weighted by atomic mass is 10.1. The van der Waals surface area contributed by atoms with E-state index >= 15 is 0 Å². The van der Waals surface area contributed by atoms with Crippen molar-refractivity contribution in [3.05, 3.63) is 35.6 Å². The summed E-state index contributed by atoms with van der Waals surface area (Å²) in [4.78, 5) is 37.5. The summed E-state index contributed by atoms with van der Waals surface area (Å²) in [6.07, 6.45) is 1.36. The van der Waals surface area contributed by atoms with E-state index in [1.807, 2.05) is 0 Å². The minimum Gasteiger partial charge on any atom is -0.458 e. The van der Waals surface area contributed by atoms with Crippen LogP contribution >= 0.6 is 11.8 Å². The maximum absolute atomic E-state index is 13.0. The molecule has 0 fully saturated rings. The zero-order valence-corrected chi connectivity index (χ0v) is 18.6. The van der Waals surface area contributed by atoms with Gasteiger partial charge in [0, 0.05) is 25.8 Å². The van der Waals surface area contributed by atoms with Crippen LogP contribution in [-0.4, -0.2) is 52.5 Å². The molecule has 1 N–H and O–H groups in total. The van der Waals surface area contributed by atoms with E-state index in [2.05, 4.69) is 5.32 Å². The lowest BCUT2D eigenvalue weighted by Crippen LogP contribution is -2.49. The fourth-order valence-corrected chi connectivity index (χ4v) is 3.06. The number of thioether (sulfide) groups is 1. The predicted octanol–water partition coefficient (Wildman–Crippen LogP) is 3.78. The number of ether oxygens (including phenoxy) is 1. The molecular formula is C21H31FN2O4S. The zero-order valence-electron chi connectivity index (χ0n) is 17.8. The van der Waals surface area contributed by atoms with Crippen molar-refractivity contribution in [2.24, 2.45) is 0 Å². The molecule has 1 aromatic carbocycles. The molecule has 1 rings (SSSR count). The highest BCUT2D eigenvalue weighted by molar-refractivity contribution is 8.13. The molecule has 0 heterocycles. The second kappa shape index (κ2) is 11.8. The molecule has 0 saturated heterocycles. The first kappa shape index (κ1) is 24.9. The van der Waals surface area contributed by atoms with Gasteiger partial charge in [-0.1, -0.05) is 23.9 Å². The molecule has 0 aromatic heterocycles. The number of carbonyl (C=O) groups excluding carboxylic acids is 3. The standard InChI is InChI=1S/C21H31FN2O4S/c1-15(19(26)28-21(3,4)5)23-20(27)24(13-14-29-16(2)25)12-6-7-17-8-10-18(22)11-9-17/h8-11,15H,6-7,12-14H2,1-5H3,(H,23,27)/t15-/m0/s1. The Labute approximate surface area is 176 Å². The third-order valence-corrected chi connectivity index (χ3v) is 4.65. The van der Waals surface area contributed by atoms with E-state index in [-0.39, 0.29) is 17.0 Å². The van der Waals surface area contributed by atoms with Crippen molar-refractivity contribution < 1.29 is 23.5 Å². The van der Waals surface area contributed by atoms with Gasteiger partial charge in [0.15, 0.2) is 5.12 Å². The van der Waals surface area contributed by atoms with Crippen LogP contribution in [0.4, 0.5) is 9.18 Å². The highest BCUT2D eigenvalue weighted by atomic mass is 32.2. The number of hydrogen-bond acceptors (Lipinski definition) is 5. The highest BCUT2D eigenvalue weighted by Crippen LogP contribution is 2.10. The van der Waals surface area contributed by atoms with Gasteiger partial charge in [0.05, 0.1) is 0 Å². The van der Waals surface area contributed by atoms with E-state index in [9.17, 15) is 18.8 Å². The second-order valence-corrected chi connectivity index (χ2v) is 9.03. The summed E-state index contributed by atoms with van der Waals surface area (Å²) in [5, 5.41) is 2.65. The quantitative estimate of drug-likeness (QED) is 0.608. The first-order valence-electron chi connectivity index (χ1n) is 9.64. The Morgan fingerprint density at radius 1 is 1.17 bits per heavy atom. The van der Waals surface area contributed by atoms with E-state index in [4.69, 9.17) is 4.74 Å². The predicted molar refractivity (Wildman–Crippen MR) is 113 cm³/mol. The summed E-state index contributed by atoms with van der Waals surface area (Å²) >= 11 is 1.15. The third kappa shape index (κ3) is 10.9. The van der Waals surface area contributed by atoms with Crippen LogP contribution in [0.2, 0.25) is 0 Å². The Morgan fingerprint density at radius 2 is 1.79 bits per heavy atom. The van der Waals surface area contributed by atoms with Crippen molar-refractivity contribution in [1.29, 1.82) is 0 Å². The number of amides is 2. The fourth-order valence-electron chi connectivity index (χ4n) is 2.47. The molecule has 0 bridgehead atoms. The maximum atomic E-state index is 13.0. The summed E-state index contributed by atoms with van der Waals surface area (Å²) in [6, 6.07) is 5.08. The number of benzene rings is 1. The number of urea groups is 1. The molecule has 0 aliphatic rings. The molecule has 162 valence electrons. The van der Waals surface area contributed by atoms with Gasteiger partial charge in [-0.2, -0.15) is 0 Å². The summed E-state index contributed by atoms with van der Waals surface area (Å²) in [5.74, 6) is -0.317. The van der Waals surface area contributed by atoms with Crippen LogP contribution < -0.4 is 5.32 Å². The number of esters is 1. The van der Waals surface area contributed by atoms with Crippen molar-refractivity contribution in [3.8, 4) is 0 Å². The summed E-state index contributed by atoms with van der Waals surface area (Å²) in [5.41, 5.74) is 0.343. The van der Waals surface area contributed by atoms with Gasteiger partial charge in [-0.05, 0) is 58.2 Å². The molecule has 0 unspecified atom stereocenters. The molecule has 2 amide bonds. The average molecular weight is 427 g/mol. The van der Waals surface area contributed by atoms with Crippen molar-refractivity contribution in [3.63, 3.8) is 0 Å². The van der Waals surface area contributed by atoms with Gasteiger partial charge in [-0.3, -0.25) is 4.79 Å². The number of nitrogens with one attached hydrogen (secondary N) is 1. The number of halogens is 1. The summed E-state index contributed by atoms with van der Waals surface area (Å²) in [6.45, 7) is 9.17. The van der Waals surface area contributed by atoms with Crippen LogP contribution in [0.15, 0.2) is 24.3 Å². The van der Waals surface area contributed by atoms with E-state index in [1.165, 1.54) is 19.1 Å². The largest absolute Gasteiger partial charge is 0.458 e. The Bertz CT molecular complexity index is 689. The van der Waals surface area contributed by atoms with Crippen LogP contribution in [0.1, 0.15) is 46.6 Å². The van der Waals surface area contributed by atoms with Crippen molar-refractivity contribution in [2.45, 2.75) is 59.1 Å². The van der Waals surface area contributed by atoms with E-state index < -0.39 is 17.6 Å². The SMILES string of the molecule is CC(=O)SCCN(CCCc1ccc(F)cc1)C(=O)N[C@@H](C)C(=O)OC(C)(C)C. The van der Waals surface area contributed by atoms with Crippen molar-refractivity contribution in [1.82, 2.24) is 10.2 Å². The van der Waals surface area contributed by atoms with Gasteiger partial charge in [0.2, 0.25) is 0 Å². The topological polar surface area (TPSA) is 75.7 Å². The Hall–Kier alpha value is -2.09. The molecule has 1 atom stereocenters. The fraction of sp³-hybridized carbons (Fsp3) is 0.571. The molecule has 1 aromatic rings. The monoisotopic (exact) mass is 426 g/mol. The van der Waals surface area contributed by atoms with E-state index in [1.54, 1.807) is 44.7 Å². The first-order valence-corrected chi connectivity index (χ1v) is 10.6. The normalized spacial score (nSPS) is 12.2. The van der Waals surface area contributed by atoms with Gasteiger partial charge < -0.3 is 15.0 Å². The van der Waals surface area contributed by atoms with Gasteiger partial charge in [-0.15, -0.1) is 0 Å². The van der Waals surface area contributed by atoms with Gasteiger partial charge in [0.1, 0.15) is 17.5 Å².